The Kier molecular flexibility index (Phi) is 9.29. The van der Waals surface area contributed by atoms with Gasteiger partial charge in [0.25, 0.3) is 0 Å². The third-order valence-corrected chi connectivity index (χ3v) is 4.56. The SMILES string of the molecule is Cc1ccc(NC(=O)C2CCN(C(=O)C3COCCN3)CC2)nc1.Cl.Cl. The second-order valence-corrected chi connectivity index (χ2v) is 6.39. The molecule has 26 heavy (non-hydrogen) atoms. The molecular weight excluding hydrogens is 379 g/mol. The van der Waals surface area contributed by atoms with Crippen LogP contribution in [0.5, 0.6) is 0 Å². The number of anilines is 1. The minimum Gasteiger partial charge on any atom is -0.378 e. The lowest BCUT2D eigenvalue weighted by molar-refractivity contribution is -0.139. The Balaban J connectivity index is 0.00000169. The highest BCUT2D eigenvalue weighted by Gasteiger charge is 2.31. The van der Waals surface area contributed by atoms with Gasteiger partial charge < -0.3 is 20.3 Å². The van der Waals surface area contributed by atoms with E-state index >= 15 is 0 Å². The number of hydrogen-bond acceptors (Lipinski definition) is 5. The topological polar surface area (TPSA) is 83.6 Å². The van der Waals surface area contributed by atoms with Crippen LogP contribution in [0.3, 0.4) is 0 Å². The predicted octanol–water partition coefficient (Wildman–Crippen LogP) is 1.40. The summed E-state index contributed by atoms with van der Waals surface area (Å²) < 4.78 is 5.35. The quantitative estimate of drug-likeness (QED) is 0.795. The van der Waals surface area contributed by atoms with Gasteiger partial charge in [0, 0.05) is 31.7 Å². The lowest BCUT2D eigenvalue weighted by Crippen LogP contribution is -2.54. The van der Waals surface area contributed by atoms with Crippen LogP contribution in [0, 0.1) is 12.8 Å². The van der Waals surface area contributed by atoms with Crippen LogP contribution in [0.1, 0.15) is 18.4 Å². The summed E-state index contributed by atoms with van der Waals surface area (Å²) in [6.45, 7) is 4.96. The van der Waals surface area contributed by atoms with Crippen LogP contribution in [-0.4, -0.2) is 60.6 Å². The molecule has 2 N–H and O–H groups in total. The molecule has 0 aromatic carbocycles. The number of hydrogen-bond donors (Lipinski definition) is 2. The number of piperidine rings is 1. The maximum atomic E-state index is 12.4. The summed E-state index contributed by atoms with van der Waals surface area (Å²) in [6.07, 6.45) is 3.09. The monoisotopic (exact) mass is 404 g/mol. The average molecular weight is 405 g/mol. The van der Waals surface area contributed by atoms with E-state index in [4.69, 9.17) is 4.74 Å². The van der Waals surface area contributed by atoms with Gasteiger partial charge in [-0.2, -0.15) is 0 Å². The molecule has 2 aliphatic heterocycles. The van der Waals surface area contributed by atoms with Gasteiger partial charge in [-0.25, -0.2) is 4.98 Å². The van der Waals surface area contributed by atoms with Gasteiger partial charge in [-0.3, -0.25) is 9.59 Å². The zero-order chi connectivity index (χ0) is 16.9. The van der Waals surface area contributed by atoms with E-state index in [1.54, 1.807) is 12.3 Å². The molecule has 1 unspecified atom stereocenters. The number of aromatic nitrogens is 1. The van der Waals surface area contributed by atoms with Crippen molar-refractivity contribution in [2.75, 3.05) is 38.2 Å². The van der Waals surface area contributed by atoms with Crippen molar-refractivity contribution in [3.8, 4) is 0 Å². The molecule has 7 nitrogen and oxygen atoms in total. The standard InChI is InChI=1S/C17H24N4O3.2ClH/c1-12-2-3-15(19-10-12)20-16(22)13-4-7-21(8-5-13)17(23)14-11-24-9-6-18-14;;/h2-3,10,13-14,18H,4-9,11H2,1H3,(H,19,20,22);2*1H. The molecule has 3 heterocycles. The molecule has 2 saturated heterocycles. The molecule has 146 valence electrons. The molecule has 9 heteroatoms. The average Bonchev–Trinajstić information content (AvgIpc) is 2.64. The molecule has 2 fully saturated rings. The van der Waals surface area contributed by atoms with Gasteiger partial charge in [0.1, 0.15) is 11.9 Å². The first-order valence-electron chi connectivity index (χ1n) is 8.47. The van der Waals surface area contributed by atoms with Gasteiger partial charge in [-0.15, -0.1) is 24.8 Å². The second-order valence-electron chi connectivity index (χ2n) is 6.39. The molecule has 0 aliphatic carbocycles. The van der Waals surface area contributed by atoms with Crippen LogP contribution >= 0.6 is 24.8 Å². The number of rotatable bonds is 3. The number of nitrogens with one attached hydrogen (secondary N) is 2. The van der Waals surface area contributed by atoms with Crippen LogP contribution in [0.15, 0.2) is 18.3 Å². The molecular formula is C17H26Cl2N4O3. The third kappa shape index (κ3) is 5.81. The van der Waals surface area contributed by atoms with Crippen LogP contribution < -0.4 is 10.6 Å². The van der Waals surface area contributed by atoms with Crippen molar-refractivity contribution in [1.82, 2.24) is 15.2 Å². The van der Waals surface area contributed by atoms with Crippen LogP contribution in [-0.2, 0) is 14.3 Å². The minimum absolute atomic E-state index is 0. The van der Waals surface area contributed by atoms with Crippen molar-refractivity contribution >= 4 is 42.4 Å². The van der Waals surface area contributed by atoms with E-state index in [-0.39, 0.29) is 48.6 Å². The highest BCUT2D eigenvalue weighted by atomic mass is 35.5. The van der Waals surface area contributed by atoms with Crippen LogP contribution in [0.25, 0.3) is 0 Å². The molecule has 0 spiro atoms. The van der Waals surface area contributed by atoms with Crippen molar-refractivity contribution < 1.29 is 14.3 Å². The van der Waals surface area contributed by atoms with Gasteiger partial charge in [-0.1, -0.05) is 6.07 Å². The highest BCUT2D eigenvalue weighted by Crippen LogP contribution is 2.20. The van der Waals surface area contributed by atoms with Gasteiger partial charge in [0.15, 0.2) is 0 Å². The van der Waals surface area contributed by atoms with E-state index in [9.17, 15) is 9.59 Å². The number of likely N-dealkylation sites (tertiary alicyclic amines) is 1. The van der Waals surface area contributed by atoms with Gasteiger partial charge in [0.05, 0.1) is 13.2 Å². The molecule has 0 saturated carbocycles. The number of ether oxygens (including phenoxy) is 1. The molecule has 3 rings (SSSR count). The zero-order valence-corrected chi connectivity index (χ0v) is 16.4. The molecule has 2 aliphatic rings. The smallest absolute Gasteiger partial charge is 0.242 e. The van der Waals surface area contributed by atoms with E-state index in [0.29, 0.717) is 51.5 Å². The summed E-state index contributed by atoms with van der Waals surface area (Å²) in [4.78, 5) is 30.8. The first-order chi connectivity index (χ1) is 11.6. The fraction of sp³-hybridized carbons (Fsp3) is 0.588. The summed E-state index contributed by atoms with van der Waals surface area (Å²) >= 11 is 0. The van der Waals surface area contributed by atoms with E-state index < -0.39 is 0 Å². The summed E-state index contributed by atoms with van der Waals surface area (Å²) in [7, 11) is 0. The third-order valence-electron chi connectivity index (χ3n) is 4.56. The van der Waals surface area contributed by atoms with Gasteiger partial charge in [-0.05, 0) is 31.4 Å². The first kappa shape index (κ1) is 22.6. The Labute approximate surface area is 166 Å². The van der Waals surface area contributed by atoms with Crippen molar-refractivity contribution in [2.24, 2.45) is 5.92 Å². The number of nitrogens with zero attached hydrogens (tertiary/aromatic N) is 2. The summed E-state index contributed by atoms with van der Waals surface area (Å²) in [5.74, 6) is 0.562. The molecule has 1 atom stereocenters. The highest BCUT2D eigenvalue weighted by molar-refractivity contribution is 5.92. The molecule has 2 amide bonds. The fourth-order valence-electron chi connectivity index (χ4n) is 3.08. The van der Waals surface area contributed by atoms with Crippen molar-refractivity contribution in [1.29, 1.82) is 0 Å². The Bertz CT molecular complexity index is 586. The van der Waals surface area contributed by atoms with Crippen molar-refractivity contribution in [2.45, 2.75) is 25.8 Å². The predicted molar refractivity (Wildman–Crippen MR) is 104 cm³/mol. The van der Waals surface area contributed by atoms with E-state index in [2.05, 4.69) is 15.6 Å². The summed E-state index contributed by atoms with van der Waals surface area (Å²) in [5, 5.41) is 6.04. The van der Waals surface area contributed by atoms with Crippen molar-refractivity contribution in [3.63, 3.8) is 0 Å². The van der Waals surface area contributed by atoms with Crippen LogP contribution in [0.4, 0.5) is 5.82 Å². The molecule has 1 aromatic heterocycles. The number of aryl methyl sites for hydroxylation is 1. The molecule has 0 radical (unpaired) electrons. The van der Waals surface area contributed by atoms with E-state index in [1.807, 2.05) is 17.9 Å². The van der Waals surface area contributed by atoms with E-state index in [1.165, 1.54) is 0 Å². The molecule has 1 aromatic rings. The second kappa shape index (κ2) is 10.7. The minimum atomic E-state index is -0.249. The Morgan fingerprint density at radius 2 is 2.00 bits per heavy atom. The first-order valence-corrected chi connectivity index (χ1v) is 8.47. The van der Waals surface area contributed by atoms with E-state index in [0.717, 1.165) is 5.56 Å². The maximum Gasteiger partial charge on any atom is 0.242 e. The van der Waals surface area contributed by atoms with Gasteiger partial charge in [0.2, 0.25) is 11.8 Å². The number of carbonyl (C=O) groups excluding carboxylic acids is 2. The van der Waals surface area contributed by atoms with Gasteiger partial charge >= 0.3 is 0 Å². The largest absolute Gasteiger partial charge is 0.378 e. The normalized spacial score (nSPS) is 20.5. The Morgan fingerprint density at radius 1 is 1.27 bits per heavy atom. The summed E-state index contributed by atoms with van der Waals surface area (Å²) in [6, 6.07) is 3.48. The number of pyridine rings is 1. The Morgan fingerprint density at radius 3 is 2.58 bits per heavy atom. The Hall–Kier alpha value is -1.41. The molecule has 0 bridgehead atoms. The lowest BCUT2D eigenvalue weighted by atomic mass is 9.95. The van der Waals surface area contributed by atoms with Crippen molar-refractivity contribution in [3.05, 3.63) is 23.9 Å². The zero-order valence-electron chi connectivity index (χ0n) is 14.8. The number of halogens is 2. The maximum absolute atomic E-state index is 12.4. The number of carbonyl (C=O) groups is 2. The number of amides is 2. The van der Waals surface area contributed by atoms with Crippen LogP contribution in [0.2, 0.25) is 0 Å². The number of morpholine rings is 1. The lowest BCUT2D eigenvalue weighted by Gasteiger charge is -2.34. The fourth-order valence-corrected chi connectivity index (χ4v) is 3.08. The summed E-state index contributed by atoms with van der Waals surface area (Å²) in [5.41, 5.74) is 1.06.